The van der Waals surface area contributed by atoms with Crippen LogP contribution in [0.5, 0.6) is 0 Å². The standard InChI is InChI=1S/C18H23ClN2O3/c19-10-17(22)21(16-6-7-16)12-15-8-9-20(11-15)18(23)24-13-14-4-2-1-3-5-14/h1-5,15-16H,6-13H2/t15-/m1/s1. The minimum Gasteiger partial charge on any atom is -0.445 e. The number of carbonyl (C=O) groups is 2. The summed E-state index contributed by atoms with van der Waals surface area (Å²) in [5, 5.41) is 0. The van der Waals surface area contributed by atoms with E-state index >= 15 is 0 Å². The van der Waals surface area contributed by atoms with Gasteiger partial charge in [0.15, 0.2) is 0 Å². The molecule has 0 radical (unpaired) electrons. The fraction of sp³-hybridized carbons (Fsp3) is 0.556. The van der Waals surface area contributed by atoms with Gasteiger partial charge in [-0.15, -0.1) is 11.6 Å². The molecule has 1 aliphatic heterocycles. The van der Waals surface area contributed by atoms with Gasteiger partial charge >= 0.3 is 6.09 Å². The van der Waals surface area contributed by atoms with Gasteiger partial charge in [-0.25, -0.2) is 4.79 Å². The fourth-order valence-electron chi connectivity index (χ4n) is 3.15. The lowest BCUT2D eigenvalue weighted by atomic mass is 10.1. The molecule has 3 rings (SSSR count). The summed E-state index contributed by atoms with van der Waals surface area (Å²) >= 11 is 5.71. The largest absolute Gasteiger partial charge is 0.445 e. The van der Waals surface area contributed by atoms with E-state index in [4.69, 9.17) is 16.3 Å². The first kappa shape index (κ1) is 17.1. The van der Waals surface area contributed by atoms with Crippen molar-refractivity contribution >= 4 is 23.6 Å². The molecule has 2 aliphatic rings. The smallest absolute Gasteiger partial charge is 0.410 e. The molecule has 1 aromatic rings. The minimum absolute atomic E-state index is 0.00395. The first-order chi connectivity index (χ1) is 11.7. The second-order valence-electron chi connectivity index (χ2n) is 6.55. The van der Waals surface area contributed by atoms with Crippen LogP contribution in [0.4, 0.5) is 4.79 Å². The molecule has 1 aliphatic carbocycles. The third kappa shape index (κ3) is 4.41. The normalized spacial score (nSPS) is 20.0. The number of hydrogen-bond acceptors (Lipinski definition) is 3. The average molecular weight is 351 g/mol. The summed E-state index contributed by atoms with van der Waals surface area (Å²) < 4.78 is 5.38. The molecule has 1 saturated heterocycles. The number of rotatable bonds is 6. The van der Waals surface area contributed by atoms with Gasteiger partial charge in [0.1, 0.15) is 12.5 Å². The first-order valence-electron chi connectivity index (χ1n) is 8.48. The summed E-state index contributed by atoms with van der Waals surface area (Å²) in [5.74, 6) is 0.345. The van der Waals surface area contributed by atoms with Crippen molar-refractivity contribution in [2.45, 2.75) is 31.9 Å². The highest BCUT2D eigenvalue weighted by Crippen LogP contribution is 2.29. The predicted molar refractivity (Wildman–Crippen MR) is 91.8 cm³/mol. The molecule has 0 N–H and O–H groups in total. The van der Waals surface area contributed by atoms with Crippen LogP contribution in [0.2, 0.25) is 0 Å². The van der Waals surface area contributed by atoms with Crippen molar-refractivity contribution in [3.63, 3.8) is 0 Å². The third-order valence-electron chi connectivity index (χ3n) is 4.63. The van der Waals surface area contributed by atoms with Crippen LogP contribution in [0.1, 0.15) is 24.8 Å². The van der Waals surface area contributed by atoms with Crippen molar-refractivity contribution in [3.05, 3.63) is 35.9 Å². The van der Waals surface area contributed by atoms with E-state index in [2.05, 4.69) is 0 Å². The zero-order valence-electron chi connectivity index (χ0n) is 13.7. The van der Waals surface area contributed by atoms with Gasteiger partial charge in [-0.2, -0.15) is 0 Å². The monoisotopic (exact) mass is 350 g/mol. The van der Waals surface area contributed by atoms with Crippen molar-refractivity contribution in [1.29, 1.82) is 0 Å². The Hall–Kier alpha value is -1.75. The van der Waals surface area contributed by atoms with Gasteiger partial charge in [-0.1, -0.05) is 30.3 Å². The number of carbonyl (C=O) groups excluding carboxylic acids is 2. The number of likely N-dealkylation sites (tertiary alicyclic amines) is 1. The molecule has 1 saturated carbocycles. The minimum atomic E-state index is -0.275. The molecule has 2 fully saturated rings. The van der Waals surface area contributed by atoms with Crippen molar-refractivity contribution in [2.24, 2.45) is 5.92 Å². The summed E-state index contributed by atoms with van der Waals surface area (Å²) in [6, 6.07) is 10.0. The van der Waals surface area contributed by atoms with Crippen LogP contribution in [0, 0.1) is 5.92 Å². The lowest BCUT2D eigenvalue weighted by Crippen LogP contribution is -2.39. The molecule has 0 spiro atoms. The number of nitrogens with zero attached hydrogens (tertiary/aromatic N) is 2. The van der Waals surface area contributed by atoms with E-state index in [-0.39, 0.29) is 17.9 Å². The maximum Gasteiger partial charge on any atom is 0.410 e. The molecule has 2 amide bonds. The van der Waals surface area contributed by atoms with Gasteiger partial charge in [0, 0.05) is 25.7 Å². The van der Waals surface area contributed by atoms with Gasteiger partial charge in [0.25, 0.3) is 0 Å². The van der Waals surface area contributed by atoms with Crippen LogP contribution in [0.3, 0.4) is 0 Å². The molecule has 24 heavy (non-hydrogen) atoms. The Morgan fingerprint density at radius 3 is 2.62 bits per heavy atom. The van der Waals surface area contributed by atoms with Crippen LogP contribution < -0.4 is 0 Å². The van der Waals surface area contributed by atoms with E-state index in [1.807, 2.05) is 35.2 Å². The molecular formula is C18H23ClN2O3. The van der Waals surface area contributed by atoms with Crippen LogP contribution in [0.25, 0.3) is 0 Å². The van der Waals surface area contributed by atoms with Gasteiger partial charge in [-0.3, -0.25) is 4.79 Å². The molecule has 0 unspecified atom stereocenters. The Morgan fingerprint density at radius 2 is 1.96 bits per heavy atom. The fourth-order valence-corrected chi connectivity index (χ4v) is 3.31. The Morgan fingerprint density at radius 1 is 1.21 bits per heavy atom. The summed E-state index contributed by atoms with van der Waals surface area (Å²) in [6.07, 6.45) is 2.76. The van der Waals surface area contributed by atoms with E-state index in [0.29, 0.717) is 38.2 Å². The molecule has 5 nitrogen and oxygen atoms in total. The topological polar surface area (TPSA) is 49.9 Å². The second-order valence-corrected chi connectivity index (χ2v) is 6.82. The Kier molecular flexibility index (Phi) is 5.61. The molecule has 0 bridgehead atoms. The van der Waals surface area contributed by atoms with E-state index in [1.54, 1.807) is 4.90 Å². The summed E-state index contributed by atoms with van der Waals surface area (Å²) in [4.78, 5) is 27.8. The number of halogens is 1. The lowest BCUT2D eigenvalue weighted by Gasteiger charge is -2.25. The molecule has 130 valence electrons. The van der Waals surface area contributed by atoms with Crippen LogP contribution >= 0.6 is 11.6 Å². The quantitative estimate of drug-likeness (QED) is 0.741. The Balaban J connectivity index is 1.46. The van der Waals surface area contributed by atoms with E-state index in [0.717, 1.165) is 24.8 Å². The molecular weight excluding hydrogens is 328 g/mol. The number of alkyl halides is 1. The maximum atomic E-state index is 12.2. The molecule has 1 aromatic carbocycles. The first-order valence-corrected chi connectivity index (χ1v) is 9.02. The van der Waals surface area contributed by atoms with Gasteiger partial charge < -0.3 is 14.5 Å². The number of amides is 2. The van der Waals surface area contributed by atoms with Crippen molar-refractivity contribution < 1.29 is 14.3 Å². The van der Waals surface area contributed by atoms with E-state index < -0.39 is 0 Å². The molecule has 6 heteroatoms. The highest BCUT2D eigenvalue weighted by atomic mass is 35.5. The van der Waals surface area contributed by atoms with Crippen molar-refractivity contribution in [1.82, 2.24) is 9.80 Å². The van der Waals surface area contributed by atoms with E-state index in [9.17, 15) is 9.59 Å². The van der Waals surface area contributed by atoms with E-state index in [1.165, 1.54) is 0 Å². The third-order valence-corrected chi connectivity index (χ3v) is 4.86. The lowest BCUT2D eigenvalue weighted by molar-refractivity contribution is -0.129. The summed E-state index contributed by atoms with van der Waals surface area (Å²) in [6.45, 7) is 2.32. The zero-order chi connectivity index (χ0) is 16.9. The summed E-state index contributed by atoms with van der Waals surface area (Å²) in [7, 11) is 0. The SMILES string of the molecule is O=C(OCc1ccccc1)N1CC[C@@H](CN(C(=O)CCl)C2CC2)C1. The van der Waals surface area contributed by atoms with Crippen molar-refractivity contribution in [2.75, 3.05) is 25.5 Å². The number of benzene rings is 1. The molecule has 0 aromatic heterocycles. The molecule has 1 heterocycles. The van der Waals surface area contributed by atoms with Crippen LogP contribution in [0.15, 0.2) is 30.3 Å². The zero-order valence-corrected chi connectivity index (χ0v) is 14.5. The van der Waals surface area contributed by atoms with Crippen LogP contribution in [-0.2, 0) is 16.1 Å². The van der Waals surface area contributed by atoms with Gasteiger partial charge in [-0.05, 0) is 30.7 Å². The summed E-state index contributed by atoms with van der Waals surface area (Å²) in [5.41, 5.74) is 0.981. The van der Waals surface area contributed by atoms with Crippen LogP contribution in [-0.4, -0.2) is 53.4 Å². The highest BCUT2D eigenvalue weighted by Gasteiger charge is 2.36. The average Bonchev–Trinajstić information content (AvgIpc) is 3.35. The predicted octanol–water partition coefficient (Wildman–Crippen LogP) is 2.87. The Labute approximate surface area is 147 Å². The highest BCUT2D eigenvalue weighted by molar-refractivity contribution is 6.27. The number of hydrogen-bond donors (Lipinski definition) is 0. The number of ether oxygens (including phenoxy) is 1. The van der Waals surface area contributed by atoms with Crippen molar-refractivity contribution in [3.8, 4) is 0 Å². The molecule has 1 atom stereocenters. The van der Waals surface area contributed by atoms with Gasteiger partial charge in [0.2, 0.25) is 5.91 Å². The second kappa shape index (κ2) is 7.88. The van der Waals surface area contributed by atoms with Gasteiger partial charge in [0.05, 0.1) is 0 Å². The Bertz CT molecular complexity index is 577. The maximum absolute atomic E-state index is 12.2.